The molecule has 8 nitrogen and oxygen atoms in total. The molecule has 1 aromatic carbocycles. The predicted molar refractivity (Wildman–Crippen MR) is 113 cm³/mol. The van der Waals surface area contributed by atoms with Gasteiger partial charge in [-0.15, -0.1) is 0 Å². The fourth-order valence-electron chi connectivity index (χ4n) is 2.69. The second kappa shape index (κ2) is 11.4. The number of hydrogen-bond acceptors (Lipinski definition) is 6. The lowest BCUT2D eigenvalue weighted by atomic mass is 10.00. The fraction of sp³-hybridized carbons (Fsp3) is 0.591. The number of ether oxygens (including phenoxy) is 3. The number of benzene rings is 1. The van der Waals surface area contributed by atoms with E-state index < -0.39 is 35.7 Å². The number of alkyl carbamates (subject to hydrolysis) is 1. The number of esters is 1. The van der Waals surface area contributed by atoms with Gasteiger partial charge in [-0.25, -0.2) is 9.59 Å². The first kappa shape index (κ1) is 25.3. The van der Waals surface area contributed by atoms with Crippen molar-refractivity contribution in [3.05, 3.63) is 35.9 Å². The zero-order chi connectivity index (χ0) is 22.9. The monoisotopic (exact) mass is 422 g/mol. The van der Waals surface area contributed by atoms with Gasteiger partial charge in [0.25, 0.3) is 0 Å². The van der Waals surface area contributed by atoms with E-state index >= 15 is 0 Å². The number of nitrogens with one attached hydrogen (secondary N) is 1. The third kappa shape index (κ3) is 8.71. The second-order valence-corrected chi connectivity index (χ2v) is 8.35. The zero-order valence-corrected chi connectivity index (χ0v) is 18.9. The molecule has 0 heterocycles. The quantitative estimate of drug-likeness (QED) is 0.507. The lowest BCUT2D eigenvalue weighted by Gasteiger charge is -2.32. The van der Waals surface area contributed by atoms with Crippen LogP contribution in [0.5, 0.6) is 0 Å². The number of amides is 2. The lowest BCUT2D eigenvalue weighted by Crippen LogP contribution is -2.50. The minimum absolute atomic E-state index is 0.0227. The number of rotatable bonds is 8. The molecule has 2 unspecified atom stereocenters. The van der Waals surface area contributed by atoms with E-state index in [1.807, 2.05) is 44.2 Å². The minimum Gasteiger partial charge on any atom is -0.469 e. The summed E-state index contributed by atoms with van der Waals surface area (Å²) in [5.41, 5.74) is 0.189. The van der Waals surface area contributed by atoms with Crippen molar-refractivity contribution in [2.75, 3.05) is 13.7 Å². The van der Waals surface area contributed by atoms with Gasteiger partial charge in [-0.05, 0) is 47.1 Å². The van der Waals surface area contributed by atoms with Gasteiger partial charge in [0.15, 0.2) is 0 Å². The molecular formula is C22H34N2O6. The largest absolute Gasteiger partial charge is 0.469 e. The lowest BCUT2D eigenvalue weighted by molar-refractivity contribution is -0.147. The Balaban J connectivity index is 2.85. The fourth-order valence-corrected chi connectivity index (χ4v) is 2.69. The molecule has 0 aromatic heterocycles. The summed E-state index contributed by atoms with van der Waals surface area (Å²) in [6.45, 7) is 10.7. The van der Waals surface area contributed by atoms with Crippen molar-refractivity contribution in [3.8, 4) is 0 Å². The van der Waals surface area contributed by atoms with Crippen LogP contribution in [0.15, 0.2) is 30.3 Å². The van der Waals surface area contributed by atoms with Crippen molar-refractivity contribution >= 4 is 18.2 Å². The number of nitrogens with zero attached hydrogens (tertiary/aromatic N) is 1. The van der Waals surface area contributed by atoms with Gasteiger partial charge in [-0.3, -0.25) is 4.79 Å². The van der Waals surface area contributed by atoms with Crippen LogP contribution in [0, 0.1) is 5.92 Å². The van der Waals surface area contributed by atoms with E-state index in [9.17, 15) is 14.4 Å². The van der Waals surface area contributed by atoms with Gasteiger partial charge in [-0.1, -0.05) is 30.3 Å². The molecule has 0 bridgehead atoms. The summed E-state index contributed by atoms with van der Waals surface area (Å²) in [6.07, 6.45) is -1.20. The Hall–Kier alpha value is -2.77. The zero-order valence-electron chi connectivity index (χ0n) is 18.9. The molecule has 1 aromatic rings. The summed E-state index contributed by atoms with van der Waals surface area (Å²) in [7, 11) is 1.27. The van der Waals surface area contributed by atoms with Crippen LogP contribution >= 0.6 is 0 Å². The first-order valence-corrected chi connectivity index (χ1v) is 9.99. The standard InChI is InChI=1S/C22H34N2O6/c1-15(2)24(21(27)29-14-17-11-9-8-10-12-17)13-18(19(25)28-7)16(3)23-20(26)30-22(4,5)6/h8-12,15-16,18H,13-14H2,1-7H3,(H,23,26). The first-order valence-electron chi connectivity index (χ1n) is 9.99. The van der Waals surface area contributed by atoms with E-state index in [4.69, 9.17) is 14.2 Å². The molecule has 30 heavy (non-hydrogen) atoms. The molecule has 0 aliphatic carbocycles. The third-order valence-corrected chi connectivity index (χ3v) is 4.31. The van der Waals surface area contributed by atoms with Crippen molar-refractivity contribution in [2.45, 2.75) is 65.8 Å². The van der Waals surface area contributed by atoms with Gasteiger partial charge in [0.1, 0.15) is 12.2 Å². The van der Waals surface area contributed by atoms with E-state index in [-0.39, 0.29) is 19.2 Å². The Morgan fingerprint density at radius 1 is 1.07 bits per heavy atom. The number of hydrogen-bond donors (Lipinski definition) is 1. The Morgan fingerprint density at radius 2 is 1.67 bits per heavy atom. The van der Waals surface area contributed by atoms with Crippen molar-refractivity contribution in [3.63, 3.8) is 0 Å². The molecular weight excluding hydrogens is 388 g/mol. The van der Waals surface area contributed by atoms with Crippen molar-refractivity contribution < 1.29 is 28.6 Å². The third-order valence-electron chi connectivity index (χ3n) is 4.31. The maximum atomic E-state index is 12.7. The van der Waals surface area contributed by atoms with Crippen LogP contribution in [0.2, 0.25) is 0 Å². The average molecular weight is 423 g/mol. The van der Waals surface area contributed by atoms with E-state index in [1.54, 1.807) is 27.7 Å². The smallest absolute Gasteiger partial charge is 0.410 e. The van der Waals surface area contributed by atoms with Crippen LogP contribution in [-0.2, 0) is 25.6 Å². The Bertz CT molecular complexity index is 699. The highest BCUT2D eigenvalue weighted by Crippen LogP contribution is 2.15. The van der Waals surface area contributed by atoms with Crippen LogP contribution in [0.4, 0.5) is 9.59 Å². The molecule has 0 saturated carbocycles. The van der Waals surface area contributed by atoms with E-state index in [2.05, 4.69) is 5.32 Å². The van der Waals surface area contributed by atoms with Gasteiger partial charge in [0, 0.05) is 18.6 Å². The summed E-state index contributed by atoms with van der Waals surface area (Å²) in [5, 5.41) is 2.65. The van der Waals surface area contributed by atoms with Gasteiger partial charge in [0.2, 0.25) is 0 Å². The van der Waals surface area contributed by atoms with Crippen LogP contribution in [0.1, 0.15) is 47.1 Å². The number of carbonyl (C=O) groups is 3. The summed E-state index contributed by atoms with van der Waals surface area (Å²) in [5.74, 6) is -1.34. The maximum Gasteiger partial charge on any atom is 0.410 e. The molecule has 0 aliphatic rings. The average Bonchev–Trinajstić information content (AvgIpc) is 2.65. The topological polar surface area (TPSA) is 94.2 Å². The van der Waals surface area contributed by atoms with Crippen molar-refractivity contribution in [2.24, 2.45) is 5.92 Å². The van der Waals surface area contributed by atoms with Gasteiger partial charge < -0.3 is 24.4 Å². The van der Waals surface area contributed by atoms with Crippen molar-refractivity contribution in [1.29, 1.82) is 0 Å². The van der Waals surface area contributed by atoms with Crippen LogP contribution in [-0.4, -0.2) is 54.4 Å². The Kier molecular flexibility index (Phi) is 9.62. The molecule has 1 N–H and O–H groups in total. The molecule has 0 aliphatic heterocycles. The summed E-state index contributed by atoms with van der Waals surface area (Å²) < 4.78 is 15.6. The van der Waals surface area contributed by atoms with Gasteiger partial charge in [0.05, 0.1) is 13.0 Å². The predicted octanol–water partition coefficient (Wildman–Crippen LogP) is 3.74. The SMILES string of the molecule is COC(=O)C(CN(C(=O)OCc1ccccc1)C(C)C)C(C)NC(=O)OC(C)(C)C. The van der Waals surface area contributed by atoms with E-state index in [0.717, 1.165) is 5.56 Å². The van der Waals surface area contributed by atoms with Crippen LogP contribution in [0.25, 0.3) is 0 Å². The molecule has 168 valence electrons. The number of methoxy groups -OCH3 is 1. The summed E-state index contributed by atoms with van der Waals surface area (Å²) in [4.78, 5) is 38.6. The molecule has 0 fully saturated rings. The Labute approximate surface area is 178 Å². The summed E-state index contributed by atoms with van der Waals surface area (Å²) >= 11 is 0. The van der Waals surface area contributed by atoms with Crippen LogP contribution < -0.4 is 5.32 Å². The number of carbonyl (C=O) groups excluding carboxylic acids is 3. The molecule has 1 rings (SSSR count). The molecule has 0 saturated heterocycles. The minimum atomic E-state index is -0.797. The summed E-state index contributed by atoms with van der Waals surface area (Å²) in [6, 6.07) is 8.46. The van der Waals surface area contributed by atoms with Crippen LogP contribution in [0.3, 0.4) is 0 Å². The van der Waals surface area contributed by atoms with Gasteiger partial charge >= 0.3 is 18.2 Å². The highest BCUT2D eigenvalue weighted by molar-refractivity contribution is 5.76. The maximum absolute atomic E-state index is 12.7. The van der Waals surface area contributed by atoms with Crippen molar-refractivity contribution in [1.82, 2.24) is 10.2 Å². The Morgan fingerprint density at radius 3 is 2.17 bits per heavy atom. The molecule has 0 spiro atoms. The second-order valence-electron chi connectivity index (χ2n) is 8.35. The normalized spacial score (nSPS) is 13.2. The molecule has 0 radical (unpaired) electrons. The molecule has 2 amide bonds. The van der Waals surface area contributed by atoms with Gasteiger partial charge in [-0.2, -0.15) is 0 Å². The first-order chi connectivity index (χ1) is 13.9. The highest BCUT2D eigenvalue weighted by Gasteiger charge is 2.33. The van der Waals surface area contributed by atoms with E-state index in [0.29, 0.717) is 0 Å². The molecule has 2 atom stereocenters. The highest BCUT2D eigenvalue weighted by atomic mass is 16.6. The van der Waals surface area contributed by atoms with E-state index in [1.165, 1.54) is 12.0 Å². The molecule has 8 heteroatoms.